The number of ether oxygens (including phenoxy) is 1. The van der Waals surface area contributed by atoms with Crippen molar-refractivity contribution in [3.05, 3.63) is 35.1 Å². The van der Waals surface area contributed by atoms with E-state index in [1.165, 1.54) is 0 Å². The quantitative estimate of drug-likeness (QED) is 0.924. The number of methoxy groups -OCH3 is 1. The number of benzene rings is 1. The first-order valence-electron chi connectivity index (χ1n) is 5.51. The average molecular weight is 264 g/mol. The third-order valence-corrected chi connectivity index (χ3v) is 2.89. The van der Waals surface area contributed by atoms with Crippen LogP contribution in [0.25, 0.3) is 11.4 Å². The number of anilines is 1. The van der Waals surface area contributed by atoms with Gasteiger partial charge in [0.15, 0.2) is 5.82 Å². The van der Waals surface area contributed by atoms with Gasteiger partial charge in [-0.25, -0.2) is 9.97 Å². The molecule has 0 fully saturated rings. The van der Waals surface area contributed by atoms with E-state index >= 15 is 0 Å². The van der Waals surface area contributed by atoms with Crippen molar-refractivity contribution in [2.24, 2.45) is 0 Å². The van der Waals surface area contributed by atoms with E-state index in [2.05, 4.69) is 15.3 Å². The fourth-order valence-electron chi connectivity index (χ4n) is 1.70. The summed E-state index contributed by atoms with van der Waals surface area (Å²) >= 11 is 6.00. The molecule has 0 aliphatic heterocycles. The third-order valence-electron chi connectivity index (χ3n) is 2.65. The Morgan fingerprint density at radius 3 is 2.72 bits per heavy atom. The summed E-state index contributed by atoms with van der Waals surface area (Å²) in [6.45, 7) is 1.92. The SMILES string of the molecule is CNc1cnc(-c2cc(Cl)ccc2OC)nc1C. The van der Waals surface area contributed by atoms with Gasteiger partial charge >= 0.3 is 0 Å². The summed E-state index contributed by atoms with van der Waals surface area (Å²) < 4.78 is 5.30. The monoisotopic (exact) mass is 263 g/mol. The number of hydrogen-bond acceptors (Lipinski definition) is 4. The normalized spacial score (nSPS) is 10.2. The van der Waals surface area contributed by atoms with Crippen molar-refractivity contribution in [1.82, 2.24) is 9.97 Å². The van der Waals surface area contributed by atoms with E-state index in [1.54, 1.807) is 25.4 Å². The van der Waals surface area contributed by atoms with E-state index in [0.717, 1.165) is 16.9 Å². The van der Waals surface area contributed by atoms with Crippen molar-refractivity contribution in [2.75, 3.05) is 19.5 Å². The van der Waals surface area contributed by atoms with E-state index in [1.807, 2.05) is 20.0 Å². The van der Waals surface area contributed by atoms with Gasteiger partial charge in [-0.1, -0.05) is 11.6 Å². The summed E-state index contributed by atoms with van der Waals surface area (Å²) in [6.07, 6.45) is 1.75. The molecule has 2 rings (SSSR count). The zero-order chi connectivity index (χ0) is 13.1. The van der Waals surface area contributed by atoms with Crippen LogP contribution in [0, 0.1) is 6.92 Å². The first-order chi connectivity index (χ1) is 8.65. The van der Waals surface area contributed by atoms with Crippen molar-refractivity contribution in [3.8, 4) is 17.1 Å². The van der Waals surface area contributed by atoms with Gasteiger partial charge in [0.25, 0.3) is 0 Å². The van der Waals surface area contributed by atoms with Crippen LogP contribution in [0.2, 0.25) is 5.02 Å². The minimum Gasteiger partial charge on any atom is -0.496 e. The summed E-state index contributed by atoms with van der Waals surface area (Å²) in [6, 6.07) is 5.38. The van der Waals surface area contributed by atoms with Crippen LogP contribution in [0.1, 0.15) is 5.69 Å². The molecule has 0 aliphatic carbocycles. The van der Waals surface area contributed by atoms with Gasteiger partial charge in [0.05, 0.1) is 30.3 Å². The first-order valence-corrected chi connectivity index (χ1v) is 5.89. The fourth-order valence-corrected chi connectivity index (χ4v) is 1.87. The van der Waals surface area contributed by atoms with Crippen LogP contribution < -0.4 is 10.1 Å². The predicted molar refractivity (Wildman–Crippen MR) is 73.3 cm³/mol. The average Bonchev–Trinajstić information content (AvgIpc) is 2.38. The van der Waals surface area contributed by atoms with Gasteiger partial charge in [-0.15, -0.1) is 0 Å². The number of aromatic nitrogens is 2. The van der Waals surface area contributed by atoms with Crippen molar-refractivity contribution in [1.29, 1.82) is 0 Å². The molecule has 0 atom stereocenters. The van der Waals surface area contributed by atoms with Crippen LogP contribution in [0.5, 0.6) is 5.75 Å². The Kier molecular flexibility index (Phi) is 3.67. The van der Waals surface area contributed by atoms with Gasteiger partial charge in [-0.3, -0.25) is 0 Å². The van der Waals surface area contributed by atoms with Crippen molar-refractivity contribution >= 4 is 17.3 Å². The molecule has 0 unspecified atom stereocenters. The Hall–Kier alpha value is -1.81. The summed E-state index contributed by atoms with van der Waals surface area (Å²) in [7, 11) is 3.45. The second kappa shape index (κ2) is 5.23. The highest BCUT2D eigenvalue weighted by molar-refractivity contribution is 6.30. The van der Waals surface area contributed by atoms with Gasteiger partial charge in [-0.2, -0.15) is 0 Å². The number of aryl methyl sites for hydroxylation is 1. The predicted octanol–water partition coefficient (Wildman–Crippen LogP) is 3.16. The van der Waals surface area contributed by atoms with Gasteiger partial charge in [0.2, 0.25) is 0 Å². The van der Waals surface area contributed by atoms with Crippen LogP contribution in [0.4, 0.5) is 5.69 Å². The summed E-state index contributed by atoms with van der Waals surface area (Å²) in [5.74, 6) is 1.31. The van der Waals surface area contributed by atoms with E-state index in [9.17, 15) is 0 Å². The second-order valence-corrected chi connectivity index (χ2v) is 4.22. The number of nitrogens with zero attached hydrogens (tertiary/aromatic N) is 2. The molecule has 18 heavy (non-hydrogen) atoms. The van der Waals surface area contributed by atoms with E-state index in [-0.39, 0.29) is 0 Å². The number of hydrogen-bond donors (Lipinski definition) is 1. The molecule has 1 aromatic heterocycles. The Balaban J connectivity index is 2.54. The molecule has 0 amide bonds. The number of rotatable bonds is 3. The third kappa shape index (κ3) is 2.38. The van der Waals surface area contributed by atoms with Crippen molar-refractivity contribution in [2.45, 2.75) is 6.92 Å². The highest BCUT2D eigenvalue weighted by atomic mass is 35.5. The minimum absolute atomic E-state index is 0.603. The highest BCUT2D eigenvalue weighted by Crippen LogP contribution is 2.30. The molecule has 1 aromatic carbocycles. The summed E-state index contributed by atoms with van der Waals surface area (Å²) in [5, 5.41) is 3.66. The van der Waals surface area contributed by atoms with E-state index in [0.29, 0.717) is 16.6 Å². The summed E-state index contributed by atoms with van der Waals surface area (Å²) in [5.41, 5.74) is 2.57. The molecule has 1 heterocycles. The van der Waals surface area contributed by atoms with Crippen LogP contribution in [-0.2, 0) is 0 Å². The number of halogens is 1. The molecular formula is C13H14ClN3O. The molecule has 0 radical (unpaired) electrons. The zero-order valence-electron chi connectivity index (χ0n) is 10.5. The van der Waals surface area contributed by atoms with Gasteiger partial charge in [0, 0.05) is 12.1 Å². The Bertz CT molecular complexity index is 572. The fraction of sp³-hybridized carbons (Fsp3) is 0.231. The second-order valence-electron chi connectivity index (χ2n) is 3.79. The lowest BCUT2D eigenvalue weighted by molar-refractivity contribution is 0.416. The zero-order valence-corrected chi connectivity index (χ0v) is 11.2. The molecule has 0 aliphatic rings. The maximum absolute atomic E-state index is 6.00. The number of nitrogens with one attached hydrogen (secondary N) is 1. The minimum atomic E-state index is 0.603. The van der Waals surface area contributed by atoms with Crippen LogP contribution in [-0.4, -0.2) is 24.1 Å². The standard InChI is InChI=1S/C13H14ClN3O/c1-8-11(15-2)7-16-13(17-8)10-6-9(14)4-5-12(10)18-3/h4-7,15H,1-3H3. The lowest BCUT2D eigenvalue weighted by atomic mass is 10.2. The lowest BCUT2D eigenvalue weighted by Gasteiger charge is -2.10. The smallest absolute Gasteiger partial charge is 0.163 e. The first kappa shape index (κ1) is 12.6. The molecule has 4 nitrogen and oxygen atoms in total. The molecule has 0 saturated heterocycles. The molecule has 5 heteroatoms. The molecule has 0 bridgehead atoms. The van der Waals surface area contributed by atoms with Crippen molar-refractivity contribution < 1.29 is 4.74 Å². The van der Waals surface area contributed by atoms with Gasteiger partial charge < -0.3 is 10.1 Å². The Morgan fingerprint density at radius 1 is 1.33 bits per heavy atom. The summed E-state index contributed by atoms with van der Waals surface area (Å²) in [4.78, 5) is 8.77. The Morgan fingerprint density at radius 2 is 2.11 bits per heavy atom. The largest absolute Gasteiger partial charge is 0.496 e. The van der Waals surface area contributed by atoms with Crippen LogP contribution >= 0.6 is 11.6 Å². The molecule has 1 N–H and O–H groups in total. The van der Waals surface area contributed by atoms with Gasteiger partial charge in [0.1, 0.15) is 5.75 Å². The van der Waals surface area contributed by atoms with Crippen LogP contribution in [0.15, 0.2) is 24.4 Å². The molecule has 2 aromatic rings. The van der Waals surface area contributed by atoms with Crippen LogP contribution in [0.3, 0.4) is 0 Å². The lowest BCUT2D eigenvalue weighted by Crippen LogP contribution is -1.99. The molecule has 0 spiro atoms. The van der Waals surface area contributed by atoms with Gasteiger partial charge in [-0.05, 0) is 25.1 Å². The Labute approximate surface area is 111 Å². The topological polar surface area (TPSA) is 47.0 Å². The van der Waals surface area contributed by atoms with E-state index in [4.69, 9.17) is 16.3 Å². The maximum atomic E-state index is 6.00. The maximum Gasteiger partial charge on any atom is 0.163 e. The van der Waals surface area contributed by atoms with Crippen molar-refractivity contribution in [3.63, 3.8) is 0 Å². The van der Waals surface area contributed by atoms with E-state index < -0.39 is 0 Å². The molecule has 94 valence electrons. The highest BCUT2D eigenvalue weighted by Gasteiger charge is 2.10. The molecular weight excluding hydrogens is 250 g/mol. The molecule has 0 saturated carbocycles.